The third kappa shape index (κ3) is 4.63. The lowest BCUT2D eigenvalue weighted by Gasteiger charge is -2.30. The highest BCUT2D eigenvalue weighted by Crippen LogP contribution is 2.31. The van der Waals surface area contributed by atoms with Crippen molar-refractivity contribution in [2.75, 3.05) is 26.3 Å². The minimum atomic E-state index is -0.335. The number of aliphatic hydroxyl groups excluding tert-OH is 1. The molecule has 1 N–H and O–H groups in total. The Morgan fingerprint density at radius 1 is 1.35 bits per heavy atom. The summed E-state index contributed by atoms with van der Waals surface area (Å²) >= 11 is 12.0. The summed E-state index contributed by atoms with van der Waals surface area (Å²) < 4.78 is 5.26. The fourth-order valence-corrected chi connectivity index (χ4v) is 2.79. The molecule has 126 valence electrons. The molecule has 6 heteroatoms. The molecule has 23 heavy (non-hydrogen) atoms. The Kier molecular flexibility index (Phi) is 6.33. The van der Waals surface area contributed by atoms with E-state index < -0.39 is 0 Å². The van der Waals surface area contributed by atoms with Crippen LogP contribution in [0, 0.1) is 5.92 Å². The first-order valence-corrected chi connectivity index (χ1v) is 8.36. The van der Waals surface area contributed by atoms with Gasteiger partial charge in [0.25, 0.3) is 0 Å². The summed E-state index contributed by atoms with van der Waals surface area (Å²) in [5.41, 5.74) is 2.74. The number of benzene rings is 1. The van der Waals surface area contributed by atoms with E-state index in [4.69, 9.17) is 27.9 Å². The summed E-state index contributed by atoms with van der Waals surface area (Å²) in [7, 11) is 0. The van der Waals surface area contributed by atoms with Crippen LogP contribution in [0.3, 0.4) is 0 Å². The second kappa shape index (κ2) is 8.04. The Balaban J connectivity index is 2.15. The quantitative estimate of drug-likeness (QED) is 0.876. The van der Waals surface area contributed by atoms with Crippen LogP contribution in [-0.2, 0) is 4.74 Å². The molecule has 2 rings (SSSR count). The van der Waals surface area contributed by atoms with Crippen LogP contribution in [0.2, 0.25) is 10.0 Å². The highest BCUT2D eigenvalue weighted by molar-refractivity contribution is 6.42. The number of amides is 1. The van der Waals surface area contributed by atoms with Gasteiger partial charge >= 0.3 is 6.09 Å². The van der Waals surface area contributed by atoms with Crippen molar-refractivity contribution >= 4 is 34.9 Å². The monoisotopic (exact) mass is 357 g/mol. The van der Waals surface area contributed by atoms with Crippen LogP contribution in [0.15, 0.2) is 23.8 Å². The summed E-state index contributed by atoms with van der Waals surface area (Å²) in [6, 6.07) is 5.41. The lowest BCUT2D eigenvalue weighted by atomic mass is 9.94. The maximum Gasteiger partial charge on any atom is 0.410 e. The van der Waals surface area contributed by atoms with Crippen molar-refractivity contribution in [2.24, 2.45) is 5.92 Å². The molecule has 1 aromatic rings. The van der Waals surface area contributed by atoms with Gasteiger partial charge in [0.1, 0.15) is 0 Å². The zero-order valence-electron chi connectivity index (χ0n) is 13.3. The van der Waals surface area contributed by atoms with E-state index in [2.05, 4.69) is 0 Å². The molecule has 1 aromatic carbocycles. The number of carbonyl (C=O) groups is 1. The van der Waals surface area contributed by atoms with Gasteiger partial charge in [-0.2, -0.15) is 0 Å². The van der Waals surface area contributed by atoms with Gasteiger partial charge < -0.3 is 14.7 Å². The molecule has 1 aliphatic rings. The van der Waals surface area contributed by atoms with Crippen LogP contribution >= 0.6 is 23.2 Å². The van der Waals surface area contributed by atoms with E-state index in [0.717, 1.165) is 16.7 Å². The van der Waals surface area contributed by atoms with Gasteiger partial charge in [0.2, 0.25) is 0 Å². The molecule has 0 fully saturated rings. The van der Waals surface area contributed by atoms with Crippen LogP contribution < -0.4 is 0 Å². The summed E-state index contributed by atoms with van der Waals surface area (Å²) in [4.78, 5) is 13.7. The molecule has 0 atom stereocenters. The van der Waals surface area contributed by atoms with Gasteiger partial charge in [0.05, 0.1) is 23.3 Å². The van der Waals surface area contributed by atoms with Crippen molar-refractivity contribution in [1.82, 2.24) is 4.90 Å². The van der Waals surface area contributed by atoms with Crippen LogP contribution in [0.25, 0.3) is 5.57 Å². The predicted molar refractivity (Wildman–Crippen MR) is 92.8 cm³/mol. The van der Waals surface area contributed by atoms with Crippen molar-refractivity contribution in [2.45, 2.75) is 20.3 Å². The van der Waals surface area contributed by atoms with Gasteiger partial charge in [-0.1, -0.05) is 43.1 Å². The smallest absolute Gasteiger partial charge is 0.410 e. The fraction of sp³-hybridized carbons (Fsp3) is 0.471. The summed E-state index contributed by atoms with van der Waals surface area (Å²) in [6.45, 7) is 5.19. The molecule has 1 amide bonds. The summed E-state index contributed by atoms with van der Waals surface area (Å²) in [5.74, 6) is 0.295. The van der Waals surface area contributed by atoms with Crippen molar-refractivity contribution in [3.63, 3.8) is 0 Å². The van der Waals surface area contributed by atoms with E-state index in [1.165, 1.54) is 0 Å². The predicted octanol–water partition coefficient (Wildman–Crippen LogP) is 4.24. The van der Waals surface area contributed by atoms with E-state index >= 15 is 0 Å². The average Bonchev–Trinajstić information content (AvgIpc) is 2.54. The molecular formula is C17H21Cl2NO3. The molecule has 0 radical (unpaired) electrons. The summed E-state index contributed by atoms with van der Waals surface area (Å²) in [5, 5.41) is 10.6. The second-order valence-corrected chi connectivity index (χ2v) is 6.83. The Bertz CT molecular complexity index is 614. The number of ether oxygens (including phenoxy) is 1. The van der Waals surface area contributed by atoms with Crippen molar-refractivity contribution in [1.29, 1.82) is 0 Å². The molecule has 0 saturated heterocycles. The van der Waals surface area contributed by atoms with Crippen molar-refractivity contribution in [3.05, 3.63) is 39.4 Å². The largest absolute Gasteiger partial charge is 0.449 e. The van der Waals surface area contributed by atoms with E-state index in [1.807, 2.05) is 19.9 Å². The first-order chi connectivity index (χ1) is 10.9. The highest BCUT2D eigenvalue weighted by atomic mass is 35.5. The van der Waals surface area contributed by atoms with Crippen LogP contribution in [0.1, 0.15) is 25.8 Å². The molecule has 1 heterocycles. The van der Waals surface area contributed by atoms with Crippen molar-refractivity contribution < 1.29 is 14.6 Å². The van der Waals surface area contributed by atoms with Gasteiger partial charge in [0.15, 0.2) is 0 Å². The third-order valence-electron chi connectivity index (χ3n) is 3.70. The molecule has 0 aliphatic carbocycles. The van der Waals surface area contributed by atoms with Crippen LogP contribution in [0.5, 0.6) is 0 Å². The van der Waals surface area contributed by atoms with Gasteiger partial charge in [-0.25, -0.2) is 4.79 Å². The van der Waals surface area contributed by atoms with Crippen LogP contribution in [-0.4, -0.2) is 42.4 Å². The first kappa shape index (κ1) is 18.1. The lowest BCUT2D eigenvalue weighted by molar-refractivity contribution is 0.0934. The minimum Gasteiger partial charge on any atom is -0.449 e. The molecular weight excluding hydrogens is 337 g/mol. The SMILES string of the molecule is CC(C)COC(=O)N1CCC(c2ccc(Cl)c(Cl)c2)=C(CO)C1. The maximum absolute atomic E-state index is 12.1. The lowest BCUT2D eigenvalue weighted by Crippen LogP contribution is -2.38. The second-order valence-electron chi connectivity index (χ2n) is 6.01. The Morgan fingerprint density at radius 3 is 2.70 bits per heavy atom. The van der Waals surface area contributed by atoms with Gasteiger partial charge in [-0.3, -0.25) is 0 Å². The van der Waals surface area contributed by atoms with Gasteiger partial charge in [0, 0.05) is 13.1 Å². The molecule has 4 nitrogen and oxygen atoms in total. The zero-order chi connectivity index (χ0) is 17.0. The average molecular weight is 358 g/mol. The molecule has 0 saturated carbocycles. The molecule has 0 aromatic heterocycles. The fourth-order valence-electron chi connectivity index (χ4n) is 2.49. The third-order valence-corrected chi connectivity index (χ3v) is 4.44. The number of hydrogen-bond acceptors (Lipinski definition) is 3. The molecule has 0 unspecified atom stereocenters. The Labute approximate surface area is 146 Å². The van der Waals surface area contributed by atoms with Gasteiger partial charge in [-0.15, -0.1) is 0 Å². The standard InChI is InChI=1S/C17H21Cl2NO3/c1-11(2)10-23-17(22)20-6-5-14(13(8-20)9-21)12-3-4-15(18)16(19)7-12/h3-4,7,11,21H,5-6,8-10H2,1-2H3. The number of rotatable bonds is 4. The number of hydrogen-bond donors (Lipinski definition) is 1. The number of carbonyl (C=O) groups excluding carboxylic acids is 1. The number of nitrogens with zero attached hydrogens (tertiary/aromatic N) is 1. The Hall–Kier alpha value is -1.23. The molecule has 1 aliphatic heterocycles. The Morgan fingerprint density at radius 2 is 2.09 bits per heavy atom. The number of halogens is 2. The topological polar surface area (TPSA) is 49.8 Å². The van der Waals surface area contributed by atoms with Crippen LogP contribution in [0.4, 0.5) is 4.79 Å². The van der Waals surface area contributed by atoms with Gasteiger partial charge in [-0.05, 0) is 41.2 Å². The van der Waals surface area contributed by atoms with E-state index in [9.17, 15) is 9.90 Å². The highest BCUT2D eigenvalue weighted by Gasteiger charge is 2.24. The summed E-state index contributed by atoms with van der Waals surface area (Å²) in [6.07, 6.45) is 0.308. The number of aliphatic hydroxyl groups is 1. The minimum absolute atomic E-state index is 0.108. The normalized spacial score (nSPS) is 15.3. The van der Waals surface area contributed by atoms with E-state index in [1.54, 1.807) is 17.0 Å². The van der Waals surface area contributed by atoms with E-state index in [-0.39, 0.29) is 12.7 Å². The molecule has 0 bridgehead atoms. The molecule has 0 spiro atoms. The zero-order valence-corrected chi connectivity index (χ0v) is 14.8. The first-order valence-electron chi connectivity index (χ1n) is 7.61. The van der Waals surface area contributed by atoms with E-state index in [0.29, 0.717) is 42.1 Å². The van der Waals surface area contributed by atoms with Crippen molar-refractivity contribution in [3.8, 4) is 0 Å². The maximum atomic E-state index is 12.1.